The lowest BCUT2D eigenvalue weighted by Gasteiger charge is -2.29. The van der Waals surface area contributed by atoms with E-state index in [0.29, 0.717) is 5.82 Å². The Bertz CT molecular complexity index is 675. The van der Waals surface area contributed by atoms with E-state index in [1.54, 1.807) is 18.0 Å². The molecule has 6 nitrogen and oxygen atoms in total. The van der Waals surface area contributed by atoms with E-state index in [1.807, 2.05) is 25.2 Å². The van der Waals surface area contributed by atoms with Crippen molar-refractivity contribution in [1.82, 2.24) is 14.7 Å². The zero-order chi connectivity index (χ0) is 16.4. The molecule has 2 aromatic rings. The molecule has 23 heavy (non-hydrogen) atoms. The summed E-state index contributed by atoms with van der Waals surface area (Å²) in [7, 11) is 5.63. The molecule has 1 aromatic heterocycles. The first-order valence-corrected chi connectivity index (χ1v) is 7.89. The van der Waals surface area contributed by atoms with E-state index in [-0.39, 0.29) is 6.10 Å². The SMILES string of the molecule is COc1cc(-c2cnn(C)c2N)ccc1OC1CCN(C)CC1. The summed E-state index contributed by atoms with van der Waals surface area (Å²) in [5.74, 6) is 2.15. The summed E-state index contributed by atoms with van der Waals surface area (Å²) < 4.78 is 13.3. The van der Waals surface area contributed by atoms with Gasteiger partial charge in [-0.15, -0.1) is 0 Å². The molecule has 2 heterocycles. The minimum Gasteiger partial charge on any atom is -0.493 e. The highest BCUT2D eigenvalue weighted by molar-refractivity contribution is 5.75. The maximum Gasteiger partial charge on any atom is 0.161 e. The maximum absolute atomic E-state index is 6.15. The van der Waals surface area contributed by atoms with E-state index in [1.165, 1.54) is 0 Å². The number of methoxy groups -OCH3 is 1. The molecule has 6 heteroatoms. The number of ether oxygens (including phenoxy) is 2. The molecule has 1 aliphatic rings. The van der Waals surface area contributed by atoms with Crippen LogP contribution in [0.4, 0.5) is 5.82 Å². The summed E-state index contributed by atoms with van der Waals surface area (Å²) in [6.45, 7) is 2.13. The van der Waals surface area contributed by atoms with E-state index in [0.717, 1.165) is 48.6 Å². The molecule has 0 unspecified atom stereocenters. The fourth-order valence-corrected chi connectivity index (χ4v) is 2.88. The van der Waals surface area contributed by atoms with Crippen molar-refractivity contribution < 1.29 is 9.47 Å². The van der Waals surface area contributed by atoms with Crippen molar-refractivity contribution in [2.24, 2.45) is 7.05 Å². The zero-order valence-electron chi connectivity index (χ0n) is 14.0. The maximum atomic E-state index is 6.15. The summed E-state index contributed by atoms with van der Waals surface area (Å²) in [5.41, 5.74) is 7.93. The van der Waals surface area contributed by atoms with Gasteiger partial charge in [0.2, 0.25) is 0 Å². The molecule has 3 rings (SSSR count). The van der Waals surface area contributed by atoms with Crippen molar-refractivity contribution in [2.45, 2.75) is 18.9 Å². The Morgan fingerprint density at radius 2 is 1.91 bits per heavy atom. The van der Waals surface area contributed by atoms with Gasteiger partial charge < -0.3 is 20.1 Å². The molecule has 0 amide bonds. The average molecular weight is 316 g/mol. The second kappa shape index (κ2) is 6.50. The molecule has 0 spiro atoms. The van der Waals surface area contributed by atoms with E-state index in [9.17, 15) is 0 Å². The van der Waals surface area contributed by atoms with Crippen LogP contribution in [0.2, 0.25) is 0 Å². The molecular weight excluding hydrogens is 292 g/mol. The second-order valence-electron chi connectivity index (χ2n) is 6.05. The van der Waals surface area contributed by atoms with E-state index < -0.39 is 0 Å². The lowest BCUT2D eigenvalue weighted by atomic mass is 10.1. The van der Waals surface area contributed by atoms with Crippen molar-refractivity contribution >= 4 is 5.82 Å². The number of nitrogens with two attached hydrogens (primary N) is 1. The highest BCUT2D eigenvalue weighted by atomic mass is 16.5. The molecule has 1 saturated heterocycles. The monoisotopic (exact) mass is 316 g/mol. The van der Waals surface area contributed by atoms with Crippen LogP contribution < -0.4 is 15.2 Å². The number of hydrogen-bond acceptors (Lipinski definition) is 5. The number of aromatic nitrogens is 2. The molecule has 0 atom stereocenters. The highest BCUT2D eigenvalue weighted by Gasteiger charge is 2.20. The predicted molar refractivity (Wildman–Crippen MR) is 90.8 cm³/mol. The summed E-state index contributed by atoms with van der Waals surface area (Å²) in [5, 5.41) is 4.19. The number of rotatable bonds is 4. The van der Waals surface area contributed by atoms with Gasteiger partial charge in [0, 0.05) is 25.7 Å². The molecule has 1 aliphatic heterocycles. The number of likely N-dealkylation sites (tertiary alicyclic amines) is 1. The number of piperidine rings is 1. The fraction of sp³-hybridized carbons (Fsp3) is 0.471. The Morgan fingerprint density at radius 3 is 2.52 bits per heavy atom. The number of benzene rings is 1. The van der Waals surface area contributed by atoms with Crippen molar-refractivity contribution in [3.8, 4) is 22.6 Å². The first-order chi connectivity index (χ1) is 11.1. The van der Waals surface area contributed by atoms with Crippen LogP contribution >= 0.6 is 0 Å². The van der Waals surface area contributed by atoms with Crippen LogP contribution in [0.25, 0.3) is 11.1 Å². The van der Waals surface area contributed by atoms with Gasteiger partial charge in [-0.05, 0) is 37.6 Å². The van der Waals surface area contributed by atoms with Crippen LogP contribution in [-0.2, 0) is 7.05 Å². The van der Waals surface area contributed by atoms with Gasteiger partial charge in [-0.25, -0.2) is 0 Å². The predicted octanol–water partition coefficient (Wildman–Crippen LogP) is 2.15. The third-order valence-corrected chi connectivity index (χ3v) is 4.42. The lowest BCUT2D eigenvalue weighted by molar-refractivity contribution is 0.111. The minimum atomic E-state index is 0.245. The van der Waals surface area contributed by atoms with Gasteiger partial charge in [0.1, 0.15) is 11.9 Å². The van der Waals surface area contributed by atoms with Gasteiger partial charge in [0.15, 0.2) is 11.5 Å². The first-order valence-electron chi connectivity index (χ1n) is 7.89. The topological polar surface area (TPSA) is 65.5 Å². The van der Waals surface area contributed by atoms with Crippen molar-refractivity contribution in [3.05, 3.63) is 24.4 Å². The van der Waals surface area contributed by atoms with Crippen LogP contribution in [0.3, 0.4) is 0 Å². The van der Waals surface area contributed by atoms with Crippen LogP contribution in [0.1, 0.15) is 12.8 Å². The Balaban J connectivity index is 1.81. The highest BCUT2D eigenvalue weighted by Crippen LogP contribution is 2.35. The molecule has 124 valence electrons. The molecular formula is C17H24N4O2. The fourth-order valence-electron chi connectivity index (χ4n) is 2.88. The van der Waals surface area contributed by atoms with Crippen LogP contribution in [-0.4, -0.2) is 48.0 Å². The number of hydrogen-bond donors (Lipinski definition) is 1. The van der Waals surface area contributed by atoms with Gasteiger partial charge in [-0.2, -0.15) is 5.10 Å². The third kappa shape index (κ3) is 3.27. The summed E-state index contributed by atoms with van der Waals surface area (Å²) in [6.07, 6.45) is 4.09. The Labute approximate surface area is 136 Å². The zero-order valence-corrected chi connectivity index (χ0v) is 14.0. The van der Waals surface area contributed by atoms with Gasteiger partial charge in [0.25, 0.3) is 0 Å². The summed E-state index contributed by atoms with van der Waals surface area (Å²) in [6, 6.07) is 5.91. The van der Waals surface area contributed by atoms with Gasteiger partial charge >= 0.3 is 0 Å². The normalized spacial score (nSPS) is 16.5. The number of nitrogen functional groups attached to an aromatic ring is 1. The number of aryl methyl sites for hydroxylation is 1. The molecule has 0 radical (unpaired) electrons. The molecule has 2 N–H and O–H groups in total. The van der Waals surface area contributed by atoms with Crippen molar-refractivity contribution in [3.63, 3.8) is 0 Å². The summed E-state index contributed by atoms with van der Waals surface area (Å²) >= 11 is 0. The van der Waals surface area contributed by atoms with E-state index >= 15 is 0 Å². The minimum absolute atomic E-state index is 0.245. The second-order valence-corrected chi connectivity index (χ2v) is 6.05. The average Bonchev–Trinajstić information content (AvgIpc) is 2.89. The Hall–Kier alpha value is -2.21. The number of nitrogens with zero attached hydrogens (tertiary/aromatic N) is 3. The largest absolute Gasteiger partial charge is 0.493 e. The smallest absolute Gasteiger partial charge is 0.161 e. The molecule has 1 fully saturated rings. The first kappa shape index (κ1) is 15.7. The van der Waals surface area contributed by atoms with Gasteiger partial charge in [-0.1, -0.05) is 6.07 Å². The Morgan fingerprint density at radius 1 is 1.17 bits per heavy atom. The molecule has 0 bridgehead atoms. The standard InChI is InChI=1S/C17H24N4O2/c1-20-8-6-13(7-9-20)23-15-5-4-12(10-16(15)22-3)14-11-19-21(2)17(14)18/h4-5,10-11,13H,6-9,18H2,1-3H3. The van der Waals surface area contributed by atoms with Gasteiger partial charge in [-0.3, -0.25) is 4.68 Å². The third-order valence-electron chi connectivity index (χ3n) is 4.42. The molecule has 0 saturated carbocycles. The number of anilines is 1. The van der Waals surface area contributed by atoms with Crippen molar-refractivity contribution in [1.29, 1.82) is 0 Å². The van der Waals surface area contributed by atoms with Crippen LogP contribution in [0, 0.1) is 0 Å². The Kier molecular flexibility index (Phi) is 4.43. The van der Waals surface area contributed by atoms with Gasteiger partial charge in [0.05, 0.1) is 13.3 Å². The van der Waals surface area contributed by atoms with E-state index in [2.05, 4.69) is 17.0 Å². The van der Waals surface area contributed by atoms with Crippen molar-refractivity contribution in [2.75, 3.05) is 33.0 Å². The molecule has 1 aromatic carbocycles. The lowest BCUT2D eigenvalue weighted by Crippen LogP contribution is -2.35. The quantitative estimate of drug-likeness (QED) is 0.936. The van der Waals surface area contributed by atoms with Crippen LogP contribution in [0.15, 0.2) is 24.4 Å². The van der Waals surface area contributed by atoms with E-state index in [4.69, 9.17) is 15.2 Å². The van der Waals surface area contributed by atoms with Crippen LogP contribution in [0.5, 0.6) is 11.5 Å². The summed E-state index contributed by atoms with van der Waals surface area (Å²) in [4.78, 5) is 2.32. The molecule has 0 aliphatic carbocycles.